The van der Waals surface area contributed by atoms with E-state index in [0.29, 0.717) is 6.04 Å². The van der Waals surface area contributed by atoms with Crippen molar-refractivity contribution in [2.24, 2.45) is 11.8 Å². The van der Waals surface area contributed by atoms with Gasteiger partial charge in [0.05, 0.1) is 6.33 Å². The average molecular weight is 239 g/mol. The molecule has 0 radical (unpaired) electrons. The van der Waals surface area contributed by atoms with Gasteiger partial charge in [-0.1, -0.05) is 6.07 Å². The Morgan fingerprint density at radius 2 is 2.28 bits per heavy atom. The molecule has 1 N–H and O–H groups in total. The summed E-state index contributed by atoms with van der Waals surface area (Å²) in [6.07, 6.45) is 9.83. The molecule has 1 aromatic heterocycles. The van der Waals surface area contributed by atoms with Crippen molar-refractivity contribution in [2.75, 3.05) is 5.32 Å². The van der Waals surface area contributed by atoms with Crippen molar-refractivity contribution in [3.63, 3.8) is 0 Å². The molecule has 2 aromatic rings. The van der Waals surface area contributed by atoms with Crippen LogP contribution in [-0.4, -0.2) is 15.6 Å². The maximum Gasteiger partial charge on any atom is 0.0991 e. The van der Waals surface area contributed by atoms with E-state index in [-0.39, 0.29) is 0 Å². The smallest absolute Gasteiger partial charge is 0.0991 e. The van der Waals surface area contributed by atoms with Crippen molar-refractivity contribution >= 4 is 5.69 Å². The van der Waals surface area contributed by atoms with E-state index < -0.39 is 0 Å². The molecule has 3 atom stereocenters. The van der Waals surface area contributed by atoms with Crippen LogP contribution in [0.2, 0.25) is 0 Å². The second-order valence-corrected chi connectivity index (χ2v) is 5.51. The molecule has 2 fully saturated rings. The highest BCUT2D eigenvalue weighted by molar-refractivity contribution is 5.52. The number of aromatic nitrogens is 2. The molecular formula is C15H17N3. The Hall–Kier alpha value is -1.77. The summed E-state index contributed by atoms with van der Waals surface area (Å²) in [5.74, 6) is 1.97. The number of imidazole rings is 1. The molecule has 1 heterocycles. The fraction of sp³-hybridized carbons (Fsp3) is 0.400. The van der Waals surface area contributed by atoms with Crippen molar-refractivity contribution < 1.29 is 0 Å². The second-order valence-electron chi connectivity index (χ2n) is 5.51. The Labute approximate surface area is 107 Å². The van der Waals surface area contributed by atoms with Gasteiger partial charge in [0, 0.05) is 29.8 Å². The molecule has 0 amide bonds. The largest absolute Gasteiger partial charge is 0.382 e. The summed E-state index contributed by atoms with van der Waals surface area (Å²) < 4.78 is 2.04. The maximum absolute atomic E-state index is 4.09. The first-order valence-electron chi connectivity index (χ1n) is 6.75. The van der Waals surface area contributed by atoms with Crippen LogP contribution in [0.25, 0.3) is 5.69 Å². The van der Waals surface area contributed by atoms with Crippen LogP contribution in [-0.2, 0) is 0 Å². The van der Waals surface area contributed by atoms with Gasteiger partial charge in [-0.3, -0.25) is 0 Å². The van der Waals surface area contributed by atoms with Gasteiger partial charge < -0.3 is 9.88 Å². The lowest BCUT2D eigenvalue weighted by Gasteiger charge is -2.16. The zero-order valence-corrected chi connectivity index (χ0v) is 10.3. The molecule has 2 saturated carbocycles. The van der Waals surface area contributed by atoms with Crippen LogP contribution in [0.3, 0.4) is 0 Å². The number of hydrogen-bond acceptors (Lipinski definition) is 2. The summed E-state index contributed by atoms with van der Waals surface area (Å²) >= 11 is 0. The fourth-order valence-electron chi connectivity index (χ4n) is 3.26. The third kappa shape index (κ3) is 1.70. The summed E-state index contributed by atoms with van der Waals surface area (Å²) in [4.78, 5) is 4.09. The Morgan fingerprint density at radius 1 is 1.28 bits per heavy atom. The number of fused-ring (bicyclic) bond motifs is 1. The SMILES string of the molecule is c1cc(NC2CC[C@H]3C[C@@H]23)cc(-n2ccnc2)c1. The summed E-state index contributed by atoms with van der Waals surface area (Å²) in [6.45, 7) is 0. The summed E-state index contributed by atoms with van der Waals surface area (Å²) in [6, 6.07) is 9.29. The van der Waals surface area contributed by atoms with E-state index in [1.54, 1.807) is 0 Å². The molecule has 92 valence electrons. The lowest BCUT2D eigenvalue weighted by atomic mass is 10.1. The highest BCUT2D eigenvalue weighted by atomic mass is 15.0. The van der Waals surface area contributed by atoms with E-state index in [1.807, 2.05) is 23.3 Å². The van der Waals surface area contributed by atoms with E-state index in [1.165, 1.54) is 30.6 Å². The van der Waals surface area contributed by atoms with Gasteiger partial charge in [-0.15, -0.1) is 0 Å². The molecule has 0 spiro atoms. The van der Waals surface area contributed by atoms with Gasteiger partial charge in [0.25, 0.3) is 0 Å². The first-order valence-corrected chi connectivity index (χ1v) is 6.75. The first-order chi connectivity index (χ1) is 8.90. The average Bonchev–Trinajstić information content (AvgIpc) is 2.83. The number of nitrogens with zero attached hydrogens (tertiary/aromatic N) is 2. The fourth-order valence-corrected chi connectivity index (χ4v) is 3.26. The monoisotopic (exact) mass is 239 g/mol. The zero-order chi connectivity index (χ0) is 11.9. The van der Waals surface area contributed by atoms with E-state index in [2.05, 4.69) is 34.6 Å². The molecule has 0 bridgehead atoms. The van der Waals surface area contributed by atoms with Crippen molar-refractivity contribution in [1.29, 1.82) is 0 Å². The number of nitrogens with one attached hydrogen (secondary N) is 1. The predicted octanol–water partition coefficient (Wildman–Crippen LogP) is 3.08. The number of rotatable bonds is 3. The van der Waals surface area contributed by atoms with Crippen LogP contribution in [0, 0.1) is 11.8 Å². The van der Waals surface area contributed by atoms with E-state index in [9.17, 15) is 0 Å². The van der Waals surface area contributed by atoms with Gasteiger partial charge in [-0.25, -0.2) is 4.98 Å². The number of benzene rings is 1. The highest BCUT2D eigenvalue weighted by Gasteiger charge is 2.47. The van der Waals surface area contributed by atoms with E-state index in [4.69, 9.17) is 0 Å². The molecule has 2 aliphatic rings. The van der Waals surface area contributed by atoms with Gasteiger partial charge in [0.2, 0.25) is 0 Å². The molecule has 0 saturated heterocycles. The summed E-state index contributed by atoms with van der Waals surface area (Å²) in [5.41, 5.74) is 2.40. The van der Waals surface area contributed by atoms with Gasteiger partial charge in [0.15, 0.2) is 0 Å². The summed E-state index contributed by atoms with van der Waals surface area (Å²) in [5, 5.41) is 3.70. The van der Waals surface area contributed by atoms with Crippen molar-refractivity contribution in [2.45, 2.75) is 25.3 Å². The Bertz CT molecular complexity index is 547. The van der Waals surface area contributed by atoms with E-state index >= 15 is 0 Å². The Balaban J connectivity index is 1.56. The highest BCUT2D eigenvalue weighted by Crippen LogP contribution is 2.52. The predicted molar refractivity (Wildman–Crippen MR) is 71.8 cm³/mol. The minimum atomic E-state index is 0.702. The molecule has 3 nitrogen and oxygen atoms in total. The zero-order valence-electron chi connectivity index (χ0n) is 10.3. The first kappa shape index (κ1) is 10.2. The van der Waals surface area contributed by atoms with Crippen molar-refractivity contribution in [3.8, 4) is 5.69 Å². The number of hydrogen-bond donors (Lipinski definition) is 1. The van der Waals surface area contributed by atoms with E-state index in [0.717, 1.165) is 11.8 Å². The lowest BCUT2D eigenvalue weighted by molar-refractivity contribution is 0.654. The van der Waals surface area contributed by atoms with Gasteiger partial charge in [-0.05, 0) is 49.3 Å². The topological polar surface area (TPSA) is 29.9 Å². The van der Waals surface area contributed by atoms with Crippen LogP contribution in [0.1, 0.15) is 19.3 Å². The third-order valence-corrected chi connectivity index (χ3v) is 4.34. The van der Waals surface area contributed by atoms with Crippen LogP contribution in [0.4, 0.5) is 5.69 Å². The van der Waals surface area contributed by atoms with Crippen LogP contribution >= 0.6 is 0 Å². The van der Waals surface area contributed by atoms with Crippen molar-refractivity contribution in [3.05, 3.63) is 43.0 Å². The van der Waals surface area contributed by atoms with Gasteiger partial charge >= 0.3 is 0 Å². The minimum Gasteiger partial charge on any atom is -0.382 e. The second kappa shape index (κ2) is 3.87. The third-order valence-electron chi connectivity index (χ3n) is 4.34. The quantitative estimate of drug-likeness (QED) is 0.892. The van der Waals surface area contributed by atoms with Crippen molar-refractivity contribution in [1.82, 2.24) is 9.55 Å². The molecule has 1 aromatic carbocycles. The maximum atomic E-state index is 4.09. The molecule has 4 rings (SSSR count). The lowest BCUT2D eigenvalue weighted by Crippen LogP contribution is -2.18. The standard InChI is InChI=1S/C15H17N3/c1-2-12(17-15-5-4-11-8-14(11)15)9-13(3-1)18-7-6-16-10-18/h1-3,6-7,9-11,14-15,17H,4-5,8H2/t11-,14+,15?/m0/s1. The molecule has 2 aliphatic carbocycles. The van der Waals surface area contributed by atoms with Crippen LogP contribution in [0.15, 0.2) is 43.0 Å². The minimum absolute atomic E-state index is 0.702. The molecule has 1 unspecified atom stereocenters. The normalized spacial score (nSPS) is 29.0. The Morgan fingerprint density at radius 3 is 3.00 bits per heavy atom. The number of anilines is 1. The van der Waals surface area contributed by atoms with Gasteiger partial charge in [0.1, 0.15) is 0 Å². The van der Waals surface area contributed by atoms with Crippen LogP contribution < -0.4 is 5.32 Å². The molecule has 3 heteroatoms. The summed E-state index contributed by atoms with van der Waals surface area (Å²) in [7, 11) is 0. The van der Waals surface area contributed by atoms with Gasteiger partial charge in [-0.2, -0.15) is 0 Å². The van der Waals surface area contributed by atoms with Crippen LogP contribution in [0.5, 0.6) is 0 Å². The Kier molecular flexibility index (Phi) is 2.19. The molecule has 18 heavy (non-hydrogen) atoms. The molecular weight excluding hydrogens is 222 g/mol. The molecule has 0 aliphatic heterocycles.